The summed E-state index contributed by atoms with van der Waals surface area (Å²) in [6.07, 6.45) is 9.62. The van der Waals surface area contributed by atoms with Crippen molar-refractivity contribution in [2.45, 2.75) is 59.0 Å². The number of benzene rings is 6. The molecular weight excluding hydrogens is 581 g/mol. The summed E-state index contributed by atoms with van der Waals surface area (Å²) in [6.45, 7) is 11.5. The molecule has 0 aliphatic heterocycles. The Balaban J connectivity index is 1.33. The highest BCUT2D eigenvalue weighted by molar-refractivity contribution is 6.14. The maximum atomic E-state index is 6.23. The second-order valence-electron chi connectivity index (χ2n) is 14.4. The smallest absolute Gasteiger partial charge is 0.108 e. The van der Waals surface area contributed by atoms with Crippen molar-refractivity contribution in [2.24, 2.45) is 5.92 Å². The first kappa shape index (κ1) is 30.6. The van der Waals surface area contributed by atoms with Gasteiger partial charge in [-0.05, 0) is 137 Å². The molecule has 0 spiro atoms. The summed E-state index contributed by atoms with van der Waals surface area (Å²) in [5.74, 6) is 1.50. The van der Waals surface area contributed by atoms with Crippen LogP contribution in [0.25, 0.3) is 55.1 Å². The van der Waals surface area contributed by atoms with Crippen molar-refractivity contribution >= 4 is 55.1 Å². The lowest BCUT2D eigenvalue weighted by atomic mass is 9.74. The fraction of sp³-hybridized carbons (Fsp3) is 0.234. The van der Waals surface area contributed by atoms with E-state index in [-0.39, 0.29) is 6.10 Å². The van der Waals surface area contributed by atoms with Gasteiger partial charge >= 0.3 is 0 Å². The van der Waals surface area contributed by atoms with Gasteiger partial charge in [-0.2, -0.15) is 0 Å². The van der Waals surface area contributed by atoms with Crippen LogP contribution < -0.4 is 5.22 Å². The zero-order valence-electron chi connectivity index (χ0n) is 29.0. The predicted octanol–water partition coefficient (Wildman–Crippen LogP) is 11.9. The Labute approximate surface area is 284 Å². The molecule has 0 heterocycles. The van der Waals surface area contributed by atoms with Gasteiger partial charge in [0.15, 0.2) is 0 Å². The molecular formula is C47H44O. The number of ether oxygens (including phenoxy) is 1. The number of hydrogen-bond donors (Lipinski definition) is 0. The van der Waals surface area contributed by atoms with E-state index in [9.17, 15) is 0 Å². The molecule has 0 radical (unpaired) electrons. The molecule has 2 aliphatic rings. The molecule has 0 aromatic heterocycles. The molecule has 0 saturated carbocycles. The van der Waals surface area contributed by atoms with Crippen molar-refractivity contribution in [1.82, 2.24) is 0 Å². The second kappa shape index (κ2) is 12.1. The average Bonchev–Trinajstić information content (AvgIpc) is 3.11. The molecule has 2 unspecified atom stereocenters. The molecule has 0 amide bonds. The van der Waals surface area contributed by atoms with E-state index < -0.39 is 0 Å². The summed E-state index contributed by atoms with van der Waals surface area (Å²) in [6, 6.07) is 36.9. The number of rotatable bonds is 6. The third-order valence-corrected chi connectivity index (χ3v) is 10.9. The minimum absolute atomic E-state index is 0.145. The van der Waals surface area contributed by atoms with E-state index in [1.807, 2.05) is 7.11 Å². The summed E-state index contributed by atoms with van der Waals surface area (Å²) in [4.78, 5) is 0. The van der Waals surface area contributed by atoms with E-state index >= 15 is 0 Å². The van der Waals surface area contributed by atoms with Crippen LogP contribution in [-0.2, 0) is 4.74 Å². The fourth-order valence-electron chi connectivity index (χ4n) is 8.49. The monoisotopic (exact) mass is 624 g/mol. The van der Waals surface area contributed by atoms with Crippen LogP contribution in [0.3, 0.4) is 0 Å². The van der Waals surface area contributed by atoms with Crippen molar-refractivity contribution in [3.05, 3.63) is 154 Å². The Morgan fingerprint density at radius 1 is 0.750 bits per heavy atom. The van der Waals surface area contributed by atoms with Crippen LogP contribution in [0.2, 0.25) is 0 Å². The zero-order chi connectivity index (χ0) is 33.1. The molecule has 1 heteroatoms. The van der Waals surface area contributed by atoms with Gasteiger partial charge < -0.3 is 4.74 Å². The van der Waals surface area contributed by atoms with Crippen LogP contribution in [0.5, 0.6) is 0 Å². The van der Waals surface area contributed by atoms with Gasteiger partial charge in [-0.3, -0.25) is 0 Å². The summed E-state index contributed by atoms with van der Waals surface area (Å²) in [5, 5.41) is 9.59. The van der Waals surface area contributed by atoms with Crippen molar-refractivity contribution in [1.29, 1.82) is 0 Å². The van der Waals surface area contributed by atoms with E-state index in [4.69, 9.17) is 4.74 Å². The molecule has 238 valence electrons. The summed E-state index contributed by atoms with van der Waals surface area (Å²) in [7, 11) is 1.83. The molecule has 48 heavy (non-hydrogen) atoms. The third kappa shape index (κ3) is 4.87. The maximum absolute atomic E-state index is 6.23. The Hall–Kier alpha value is -4.72. The minimum Gasteiger partial charge on any atom is -0.372 e. The fourth-order valence-corrected chi connectivity index (χ4v) is 8.49. The lowest BCUT2D eigenvalue weighted by molar-refractivity contribution is 0.191. The van der Waals surface area contributed by atoms with Gasteiger partial charge in [0.25, 0.3) is 0 Å². The first-order valence-electron chi connectivity index (χ1n) is 17.6. The Morgan fingerprint density at radius 2 is 1.50 bits per heavy atom. The maximum Gasteiger partial charge on any atom is 0.108 e. The number of allylic oxidation sites excluding steroid dienone is 3. The van der Waals surface area contributed by atoms with Gasteiger partial charge in [0.05, 0.1) is 0 Å². The van der Waals surface area contributed by atoms with Crippen LogP contribution in [0.1, 0.15) is 86.3 Å². The molecule has 0 fully saturated rings. The van der Waals surface area contributed by atoms with Gasteiger partial charge in [0.2, 0.25) is 0 Å². The second-order valence-corrected chi connectivity index (χ2v) is 14.4. The van der Waals surface area contributed by atoms with Crippen molar-refractivity contribution in [3.8, 4) is 0 Å². The predicted molar refractivity (Wildman–Crippen MR) is 207 cm³/mol. The number of fused-ring (bicyclic) bond motifs is 2. The molecule has 0 bridgehead atoms. The van der Waals surface area contributed by atoms with E-state index in [1.165, 1.54) is 87.6 Å². The third-order valence-electron chi connectivity index (χ3n) is 10.9. The molecule has 6 aromatic rings. The van der Waals surface area contributed by atoms with E-state index in [1.54, 1.807) is 0 Å². The van der Waals surface area contributed by atoms with Gasteiger partial charge in [-0.1, -0.05) is 131 Å². The van der Waals surface area contributed by atoms with Crippen LogP contribution in [-0.4, -0.2) is 13.2 Å². The van der Waals surface area contributed by atoms with Crippen LogP contribution in [0, 0.1) is 5.92 Å². The number of methoxy groups -OCH3 is 1. The molecule has 2 atom stereocenters. The van der Waals surface area contributed by atoms with Crippen LogP contribution >= 0.6 is 0 Å². The molecule has 6 aromatic carbocycles. The topological polar surface area (TPSA) is 9.23 Å². The van der Waals surface area contributed by atoms with Gasteiger partial charge in [0.1, 0.15) is 6.10 Å². The highest BCUT2D eigenvalue weighted by Gasteiger charge is 2.29. The van der Waals surface area contributed by atoms with Crippen molar-refractivity contribution < 1.29 is 4.74 Å². The lowest BCUT2D eigenvalue weighted by Crippen LogP contribution is -2.22. The Morgan fingerprint density at radius 3 is 2.27 bits per heavy atom. The Bertz CT molecular complexity index is 2380. The molecule has 1 nitrogen and oxygen atoms in total. The van der Waals surface area contributed by atoms with Gasteiger partial charge in [-0.15, -0.1) is 0 Å². The first-order valence-corrected chi connectivity index (χ1v) is 17.6. The van der Waals surface area contributed by atoms with Crippen molar-refractivity contribution in [2.75, 3.05) is 7.11 Å². The molecule has 2 aliphatic carbocycles. The summed E-state index contributed by atoms with van der Waals surface area (Å²) >= 11 is 0. The average molecular weight is 625 g/mol. The van der Waals surface area contributed by atoms with Crippen molar-refractivity contribution in [3.63, 3.8) is 0 Å². The standard InChI is InChI=1S/C47H44O/c1-7-8-12-41-37-13-10-9-11-32(37)26-44(47(41)48-6)34-17-15-30-14-16-33(24-35(30)25-34)43-27-42(29(4)5)39-21-19-31-18-20-36(28(2)3)38-22-23-40(43)46(39)45(31)38/h7-26,28-29,42,47H,27H2,1-6H3/b8-7-,41-12-. The normalized spacial score (nSPS) is 18.6. The van der Waals surface area contributed by atoms with E-state index in [0.717, 1.165) is 6.42 Å². The van der Waals surface area contributed by atoms with Crippen LogP contribution in [0.15, 0.2) is 115 Å². The lowest BCUT2D eigenvalue weighted by Gasteiger charge is -2.30. The Kier molecular flexibility index (Phi) is 7.69. The van der Waals surface area contributed by atoms with Gasteiger partial charge in [-0.25, -0.2) is 0 Å². The SMILES string of the molecule is C/C=C\C=C1\c2ccccc2C=C(c2ccc3ccc(C4=c5ccc6c(C(C)C)ccc7ccc(c5c76)C(C(C)C)C4)cc3c2)C1OC. The molecule has 0 N–H and O–H groups in total. The highest BCUT2D eigenvalue weighted by atomic mass is 16.5. The van der Waals surface area contributed by atoms with Gasteiger partial charge in [0, 0.05) is 7.11 Å². The summed E-state index contributed by atoms with van der Waals surface area (Å²) < 4.78 is 6.23. The van der Waals surface area contributed by atoms with E-state index in [0.29, 0.717) is 17.8 Å². The molecule has 8 rings (SSSR count). The highest BCUT2D eigenvalue weighted by Crippen LogP contribution is 2.44. The van der Waals surface area contributed by atoms with E-state index in [2.05, 4.69) is 156 Å². The first-order chi connectivity index (χ1) is 23.4. The summed E-state index contributed by atoms with van der Waals surface area (Å²) in [5.41, 5.74) is 11.8. The minimum atomic E-state index is -0.145. The number of hydrogen-bond acceptors (Lipinski definition) is 1. The quantitative estimate of drug-likeness (QED) is 0.179. The zero-order valence-corrected chi connectivity index (χ0v) is 29.0. The largest absolute Gasteiger partial charge is 0.372 e. The van der Waals surface area contributed by atoms with Crippen LogP contribution in [0.4, 0.5) is 0 Å². The molecule has 0 saturated heterocycles.